The van der Waals surface area contributed by atoms with Crippen molar-refractivity contribution < 1.29 is 14.7 Å². The van der Waals surface area contributed by atoms with E-state index in [2.05, 4.69) is 0 Å². The first-order valence-corrected chi connectivity index (χ1v) is 5.30. The zero-order valence-electron chi connectivity index (χ0n) is 9.83. The van der Waals surface area contributed by atoms with Crippen LogP contribution in [0.25, 0.3) is 0 Å². The van der Waals surface area contributed by atoms with E-state index >= 15 is 0 Å². The van der Waals surface area contributed by atoms with Gasteiger partial charge in [-0.3, -0.25) is 9.59 Å². The lowest BCUT2D eigenvalue weighted by molar-refractivity contribution is -0.117. The highest BCUT2D eigenvalue weighted by molar-refractivity contribution is 6.10. The van der Waals surface area contributed by atoms with Crippen LogP contribution in [0.1, 0.15) is 41.3 Å². The smallest absolute Gasteiger partial charge is 0.174 e. The number of phenols is 1. The molecule has 1 N–H and O–H groups in total. The molecule has 0 heterocycles. The van der Waals surface area contributed by atoms with Crippen LogP contribution in [0.3, 0.4) is 0 Å². The van der Waals surface area contributed by atoms with Crippen molar-refractivity contribution in [1.29, 1.82) is 0 Å². The van der Waals surface area contributed by atoms with Gasteiger partial charge in [0.05, 0.1) is 12.0 Å². The average molecular weight is 220 g/mol. The Labute approximate surface area is 95.1 Å². The van der Waals surface area contributed by atoms with Gasteiger partial charge in [0.25, 0.3) is 0 Å². The van der Waals surface area contributed by atoms with E-state index in [1.54, 1.807) is 13.8 Å². The minimum Gasteiger partial charge on any atom is -0.507 e. The van der Waals surface area contributed by atoms with E-state index in [9.17, 15) is 14.7 Å². The van der Waals surface area contributed by atoms with Crippen LogP contribution in [0.2, 0.25) is 0 Å². The molecule has 0 spiro atoms. The molecule has 86 valence electrons. The Balaban J connectivity index is 3.04. The molecule has 1 aromatic carbocycles. The highest BCUT2D eigenvalue weighted by Gasteiger charge is 2.17. The number of Topliss-reactive ketones (excluding diaryl/α,β-unsaturated/α-hetero) is 2. The van der Waals surface area contributed by atoms with Crippen molar-refractivity contribution in [2.45, 2.75) is 33.6 Å². The highest BCUT2D eigenvalue weighted by atomic mass is 16.3. The van der Waals surface area contributed by atoms with Crippen LogP contribution in [0, 0.1) is 13.8 Å². The van der Waals surface area contributed by atoms with Crippen molar-refractivity contribution >= 4 is 11.6 Å². The summed E-state index contributed by atoms with van der Waals surface area (Å²) >= 11 is 0. The van der Waals surface area contributed by atoms with E-state index in [-0.39, 0.29) is 29.3 Å². The molecule has 0 unspecified atom stereocenters. The Morgan fingerprint density at radius 1 is 1.25 bits per heavy atom. The van der Waals surface area contributed by atoms with Crippen molar-refractivity contribution in [3.63, 3.8) is 0 Å². The van der Waals surface area contributed by atoms with E-state index in [4.69, 9.17) is 0 Å². The molecule has 0 atom stereocenters. The van der Waals surface area contributed by atoms with Crippen LogP contribution in [0.4, 0.5) is 0 Å². The Morgan fingerprint density at radius 3 is 2.38 bits per heavy atom. The van der Waals surface area contributed by atoms with E-state index in [1.807, 2.05) is 13.0 Å². The monoisotopic (exact) mass is 220 g/mol. The molecule has 3 nitrogen and oxygen atoms in total. The second kappa shape index (κ2) is 4.92. The Morgan fingerprint density at radius 2 is 1.88 bits per heavy atom. The Kier molecular flexibility index (Phi) is 3.82. The van der Waals surface area contributed by atoms with Crippen LogP contribution >= 0.6 is 0 Å². The summed E-state index contributed by atoms with van der Waals surface area (Å²) in [4.78, 5) is 23.0. The van der Waals surface area contributed by atoms with Gasteiger partial charge in [-0.2, -0.15) is 0 Å². The van der Waals surface area contributed by atoms with E-state index < -0.39 is 0 Å². The fourth-order valence-corrected chi connectivity index (χ4v) is 1.70. The summed E-state index contributed by atoms with van der Waals surface area (Å²) < 4.78 is 0. The van der Waals surface area contributed by atoms with Crippen molar-refractivity contribution in [3.8, 4) is 5.75 Å². The number of carbonyl (C=O) groups excluding carboxylic acids is 2. The van der Waals surface area contributed by atoms with Gasteiger partial charge in [0, 0.05) is 6.42 Å². The van der Waals surface area contributed by atoms with Crippen molar-refractivity contribution in [2.75, 3.05) is 0 Å². The molecule has 0 saturated heterocycles. The topological polar surface area (TPSA) is 54.4 Å². The maximum absolute atomic E-state index is 11.8. The molecule has 1 aromatic rings. The third-order valence-electron chi connectivity index (χ3n) is 2.49. The van der Waals surface area contributed by atoms with Crippen LogP contribution in [0.5, 0.6) is 5.75 Å². The summed E-state index contributed by atoms with van der Waals surface area (Å²) in [5.41, 5.74) is 1.88. The number of hydrogen-bond donors (Lipinski definition) is 1. The van der Waals surface area contributed by atoms with Gasteiger partial charge in [0.1, 0.15) is 11.5 Å². The molecule has 0 radical (unpaired) electrons. The molecule has 16 heavy (non-hydrogen) atoms. The molecular formula is C13H16O3. The van der Waals surface area contributed by atoms with Gasteiger partial charge in [-0.25, -0.2) is 0 Å². The molecule has 0 aliphatic carbocycles. The lowest BCUT2D eigenvalue weighted by Crippen LogP contribution is -2.09. The number of benzene rings is 1. The Bertz CT molecular complexity index is 410. The number of phenolic OH excluding ortho intramolecular Hbond substituents is 1. The molecule has 0 aliphatic heterocycles. The maximum atomic E-state index is 11.8. The van der Waals surface area contributed by atoms with Gasteiger partial charge in [0.2, 0.25) is 0 Å². The van der Waals surface area contributed by atoms with Crippen LogP contribution in [-0.4, -0.2) is 16.7 Å². The first-order valence-electron chi connectivity index (χ1n) is 5.30. The fourth-order valence-electron chi connectivity index (χ4n) is 1.70. The summed E-state index contributed by atoms with van der Waals surface area (Å²) in [5, 5.41) is 9.70. The highest BCUT2D eigenvalue weighted by Crippen LogP contribution is 2.24. The normalized spacial score (nSPS) is 10.2. The van der Waals surface area contributed by atoms with Crippen LogP contribution < -0.4 is 0 Å². The number of aryl methyl sites for hydroxylation is 2. The summed E-state index contributed by atoms with van der Waals surface area (Å²) in [6.45, 7) is 5.33. The molecule has 0 saturated carbocycles. The second-order valence-corrected chi connectivity index (χ2v) is 3.97. The predicted molar refractivity (Wildman–Crippen MR) is 61.8 cm³/mol. The number of hydrogen-bond acceptors (Lipinski definition) is 3. The first kappa shape index (κ1) is 12.4. The van der Waals surface area contributed by atoms with E-state index in [0.717, 1.165) is 5.56 Å². The van der Waals surface area contributed by atoms with Gasteiger partial charge in [-0.15, -0.1) is 0 Å². The van der Waals surface area contributed by atoms with Gasteiger partial charge < -0.3 is 5.11 Å². The zero-order valence-corrected chi connectivity index (χ0v) is 9.83. The van der Waals surface area contributed by atoms with Crippen molar-refractivity contribution in [3.05, 3.63) is 28.8 Å². The van der Waals surface area contributed by atoms with Gasteiger partial charge >= 0.3 is 0 Å². The summed E-state index contributed by atoms with van der Waals surface area (Å²) in [6, 6.07) is 3.36. The molecular weight excluding hydrogens is 204 g/mol. The molecule has 0 aliphatic rings. The summed E-state index contributed by atoms with van der Waals surface area (Å²) in [5.74, 6) is -0.447. The van der Waals surface area contributed by atoms with E-state index in [0.29, 0.717) is 12.0 Å². The average Bonchev–Trinajstić information content (AvgIpc) is 2.15. The molecule has 0 bridgehead atoms. The number of carbonyl (C=O) groups is 2. The number of ketones is 2. The van der Waals surface area contributed by atoms with E-state index in [1.165, 1.54) is 6.07 Å². The second-order valence-electron chi connectivity index (χ2n) is 3.97. The lowest BCUT2D eigenvalue weighted by atomic mass is 9.97. The molecule has 3 heteroatoms. The van der Waals surface area contributed by atoms with Gasteiger partial charge in [0.15, 0.2) is 5.78 Å². The maximum Gasteiger partial charge on any atom is 0.174 e. The van der Waals surface area contributed by atoms with Gasteiger partial charge in [-0.1, -0.05) is 13.0 Å². The molecule has 1 rings (SSSR count). The van der Waals surface area contributed by atoms with Gasteiger partial charge in [-0.05, 0) is 31.0 Å². The quantitative estimate of drug-likeness (QED) is 0.626. The Hall–Kier alpha value is -1.64. The number of aromatic hydroxyl groups is 1. The van der Waals surface area contributed by atoms with Crippen LogP contribution in [-0.2, 0) is 4.79 Å². The lowest BCUT2D eigenvalue weighted by Gasteiger charge is -2.08. The molecule has 0 aromatic heterocycles. The zero-order chi connectivity index (χ0) is 12.3. The summed E-state index contributed by atoms with van der Waals surface area (Å²) in [7, 11) is 0. The predicted octanol–water partition coefficient (Wildman–Crippen LogP) is 2.56. The van der Waals surface area contributed by atoms with Crippen LogP contribution in [0.15, 0.2) is 12.1 Å². The summed E-state index contributed by atoms with van der Waals surface area (Å²) in [6.07, 6.45) is 0.214. The SMILES string of the molecule is CCC(=O)CC(=O)c1c(C)cc(C)cc1O. The molecule has 0 fully saturated rings. The largest absolute Gasteiger partial charge is 0.507 e. The van der Waals surface area contributed by atoms with Crippen molar-refractivity contribution in [1.82, 2.24) is 0 Å². The van der Waals surface area contributed by atoms with Crippen molar-refractivity contribution in [2.24, 2.45) is 0 Å². The minimum absolute atomic E-state index is 0.0357. The third-order valence-corrected chi connectivity index (χ3v) is 2.49. The molecule has 0 amide bonds. The first-order chi connectivity index (χ1) is 7.45. The number of rotatable bonds is 4. The minimum atomic E-state index is -0.304. The standard InChI is InChI=1S/C13H16O3/c1-4-10(14)7-12(16)13-9(3)5-8(2)6-11(13)15/h5-6,15H,4,7H2,1-3H3. The fraction of sp³-hybridized carbons (Fsp3) is 0.385. The third kappa shape index (κ3) is 2.69.